The van der Waals surface area contributed by atoms with E-state index in [-0.39, 0.29) is 18.2 Å². The number of benzene rings is 2. The molecule has 35 heavy (non-hydrogen) atoms. The summed E-state index contributed by atoms with van der Waals surface area (Å²) in [5.74, 6) is 1.41. The van der Waals surface area contributed by atoms with E-state index in [1.54, 1.807) is 6.07 Å². The van der Waals surface area contributed by atoms with Crippen LogP contribution in [-0.2, 0) is 11.8 Å². The third kappa shape index (κ3) is 4.02. The summed E-state index contributed by atoms with van der Waals surface area (Å²) in [6, 6.07) is 13.1. The summed E-state index contributed by atoms with van der Waals surface area (Å²) >= 11 is 0. The van der Waals surface area contributed by atoms with E-state index in [0.717, 1.165) is 41.6 Å². The SMILES string of the molecule is Cc1ccc2c3c(ccc2n1)OCC(CN1C2CCC1CC(O)(c1cccc(C(F)(F)F)c1)C2)O3. The highest BCUT2D eigenvalue weighted by Crippen LogP contribution is 2.47. The van der Waals surface area contributed by atoms with Crippen molar-refractivity contribution in [2.75, 3.05) is 13.2 Å². The van der Waals surface area contributed by atoms with Crippen molar-refractivity contribution in [1.82, 2.24) is 9.88 Å². The van der Waals surface area contributed by atoms with Crippen molar-refractivity contribution in [3.8, 4) is 11.5 Å². The summed E-state index contributed by atoms with van der Waals surface area (Å²) in [6.45, 7) is 3.01. The van der Waals surface area contributed by atoms with Crippen LogP contribution in [0.1, 0.15) is 42.5 Å². The second-order valence-electron chi connectivity index (χ2n) is 10.1. The van der Waals surface area contributed by atoms with Gasteiger partial charge in [0, 0.05) is 29.7 Å². The first-order valence-corrected chi connectivity index (χ1v) is 12.1. The van der Waals surface area contributed by atoms with Crippen LogP contribution >= 0.6 is 0 Å². The van der Waals surface area contributed by atoms with Gasteiger partial charge in [0.15, 0.2) is 11.5 Å². The summed E-state index contributed by atoms with van der Waals surface area (Å²) in [7, 11) is 0. The maximum absolute atomic E-state index is 13.3. The number of pyridine rings is 1. The Morgan fingerprint density at radius 2 is 1.86 bits per heavy atom. The largest absolute Gasteiger partial charge is 0.486 e. The number of aromatic nitrogens is 1. The lowest BCUT2D eigenvalue weighted by Gasteiger charge is -2.45. The number of nitrogens with zero attached hydrogens (tertiary/aromatic N) is 2. The Balaban J connectivity index is 1.20. The quantitative estimate of drug-likeness (QED) is 0.553. The number of piperidine rings is 1. The molecule has 2 saturated heterocycles. The lowest BCUT2D eigenvalue weighted by atomic mass is 9.80. The molecule has 3 aliphatic heterocycles. The molecule has 3 atom stereocenters. The van der Waals surface area contributed by atoms with Crippen molar-refractivity contribution in [1.29, 1.82) is 0 Å². The van der Waals surface area contributed by atoms with E-state index in [4.69, 9.17) is 9.47 Å². The number of halogens is 3. The number of fused-ring (bicyclic) bond motifs is 5. The van der Waals surface area contributed by atoms with Gasteiger partial charge in [0.2, 0.25) is 0 Å². The Morgan fingerprint density at radius 3 is 2.60 bits per heavy atom. The van der Waals surface area contributed by atoms with Gasteiger partial charge in [0.1, 0.15) is 12.7 Å². The predicted octanol–water partition coefficient (Wildman–Crippen LogP) is 5.22. The molecule has 0 aliphatic carbocycles. The Hall–Kier alpha value is -2.84. The van der Waals surface area contributed by atoms with E-state index in [2.05, 4.69) is 9.88 Å². The smallest absolute Gasteiger partial charge is 0.416 e. The van der Waals surface area contributed by atoms with Gasteiger partial charge in [0.05, 0.1) is 16.7 Å². The lowest BCUT2D eigenvalue weighted by molar-refractivity contribution is -0.137. The van der Waals surface area contributed by atoms with Crippen molar-refractivity contribution in [3.05, 3.63) is 65.4 Å². The third-order valence-corrected chi connectivity index (χ3v) is 7.69. The minimum absolute atomic E-state index is 0.0788. The average Bonchev–Trinajstić information content (AvgIpc) is 3.07. The number of rotatable bonds is 3. The first kappa shape index (κ1) is 22.6. The molecule has 3 aliphatic rings. The van der Waals surface area contributed by atoms with Crippen LogP contribution in [0.25, 0.3) is 10.9 Å². The third-order valence-electron chi connectivity index (χ3n) is 7.69. The van der Waals surface area contributed by atoms with Crippen LogP contribution in [0.4, 0.5) is 13.2 Å². The molecule has 4 heterocycles. The van der Waals surface area contributed by atoms with Crippen molar-refractivity contribution in [2.24, 2.45) is 0 Å². The summed E-state index contributed by atoms with van der Waals surface area (Å²) in [4.78, 5) is 6.94. The molecule has 2 bridgehead atoms. The van der Waals surface area contributed by atoms with Gasteiger partial charge in [-0.05, 0) is 74.6 Å². The monoisotopic (exact) mass is 484 g/mol. The van der Waals surface area contributed by atoms with Crippen LogP contribution in [-0.4, -0.2) is 46.3 Å². The second-order valence-corrected chi connectivity index (χ2v) is 10.1. The summed E-state index contributed by atoms with van der Waals surface area (Å²) < 4.78 is 52.2. The van der Waals surface area contributed by atoms with Gasteiger partial charge in [-0.2, -0.15) is 13.2 Å². The zero-order chi connectivity index (χ0) is 24.4. The van der Waals surface area contributed by atoms with Gasteiger partial charge in [-0.3, -0.25) is 9.88 Å². The minimum atomic E-state index is -4.43. The fraction of sp³-hybridized carbons (Fsp3) is 0.444. The number of aliphatic hydroxyl groups is 1. The number of hydrogen-bond donors (Lipinski definition) is 1. The molecule has 184 valence electrons. The molecular weight excluding hydrogens is 457 g/mol. The molecule has 0 saturated carbocycles. The van der Waals surface area contributed by atoms with Crippen LogP contribution in [0.2, 0.25) is 0 Å². The number of alkyl halides is 3. The normalized spacial score (nSPS) is 28.4. The van der Waals surface area contributed by atoms with Crippen molar-refractivity contribution in [3.63, 3.8) is 0 Å². The fourth-order valence-corrected chi connectivity index (χ4v) is 6.04. The van der Waals surface area contributed by atoms with Gasteiger partial charge in [0.25, 0.3) is 0 Å². The van der Waals surface area contributed by atoms with E-state index in [9.17, 15) is 18.3 Å². The summed E-state index contributed by atoms with van der Waals surface area (Å²) in [5, 5.41) is 12.4. The Kier molecular flexibility index (Phi) is 5.23. The Labute approximate surface area is 201 Å². The Morgan fingerprint density at radius 1 is 1.09 bits per heavy atom. The second kappa shape index (κ2) is 8.10. The fourth-order valence-electron chi connectivity index (χ4n) is 6.04. The van der Waals surface area contributed by atoms with Gasteiger partial charge >= 0.3 is 6.18 Å². The molecule has 8 heteroatoms. The van der Waals surface area contributed by atoms with Gasteiger partial charge in [-0.15, -0.1) is 0 Å². The highest BCUT2D eigenvalue weighted by Gasteiger charge is 2.49. The predicted molar refractivity (Wildman–Crippen MR) is 124 cm³/mol. The van der Waals surface area contributed by atoms with E-state index in [1.807, 2.05) is 31.2 Å². The molecule has 6 rings (SSSR count). The summed E-state index contributed by atoms with van der Waals surface area (Å²) in [5.41, 5.74) is 0.159. The molecule has 3 unspecified atom stereocenters. The maximum Gasteiger partial charge on any atom is 0.416 e. The molecule has 1 N–H and O–H groups in total. The van der Waals surface area contributed by atoms with Crippen molar-refractivity contribution < 1.29 is 27.8 Å². The van der Waals surface area contributed by atoms with Gasteiger partial charge in [-0.25, -0.2) is 0 Å². The highest BCUT2D eigenvalue weighted by molar-refractivity contribution is 5.88. The molecule has 0 spiro atoms. The minimum Gasteiger partial charge on any atom is -0.486 e. The highest BCUT2D eigenvalue weighted by atomic mass is 19.4. The Bertz CT molecular complexity index is 1260. The van der Waals surface area contributed by atoms with E-state index >= 15 is 0 Å². The molecule has 0 radical (unpaired) electrons. The number of ether oxygens (including phenoxy) is 2. The number of hydrogen-bond acceptors (Lipinski definition) is 5. The first-order chi connectivity index (χ1) is 16.7. The maximum atomic E-state index is 13.3. The van der Waals surface area contributed by atoms with Crippen LogP contribution in [0.5, 0.6) is 11.5 Å². The molecule has 1 aromatic heterocycles. The molecule has 2 aromatic carbocycles. The molecule has 0 amide bonds. The van der Waals surface area contributed by atoms with Crippen LogP contribution in [0.3, 0.4) is 0 Å². The molecular formula is C27H27F3N2O3. The van der Waals surface area contributed by atoms with E-state index < -0.39 is 17.3 Å². The topological polar surface area (TPSA) is 54.8 Å². The van der Waals surface area contributed by atoms with Gasteiger partial charge in [-0.1, -0.05) is 12.1 Å². The zero-order valence-corrected chi connectivity index (χ0v) is 19.4. The van der Waals surface area contributed by atoms with E-state index in [1.165, 1.54) is 6.07 Å². The van der Waals surface area contributed by atoms with Gasteiger partial charge < -0.3 is 14.6 Å². The molecule has 5 nitrogen and oxygen atoms in total. The van der Waals surface area contributed by atoms with Crippen molar-refractivity contribution in [2.45, 2.75) is 62.6 Å². The van der Waals surface area contributed by atoms with E-state index in [0.29, 0.717) is 43.1 Å². The average molecular weight is 485 g/mol. The zero-order valence-electron chi connectivity index (χ0n) is 19.4. The standard InChI is InChI=1S/C27H27F3N2O3/c1-16-5-8-22-23(31-16)9-10-24-25(22)35-21(15-34-24)14-32-19-6-7-20(32)13-26(33,12-19)17-3-2-4-18(11-17)27(28,29)30/h2-5,8-11,19-21,33H,6-7,12-15H2,1H3. The number of aryl methyl sites for hydroxylation is 1. The van der Waals surface area contributed by atoms with Crippen LogP contribution < -0.4 is 9.47 Å². The van der Waals surface area contributed by atoms with Crippen LogP contribution in [0, 0.1) is 6.92 Å². The lowest BCUT2D eigenvalue weighted by Crippen LogP contribution is -2.53. The molecule has 3 aromatic rings. The molecule has 2 fully saturated rings. The van der Waals surface area contributed by atoms with Crippen LogP contribution in [0.15, 0.2) is 48.5 Å². The van der Waals surface area contributed by atoms with Crippen molar-refractivity contribution >= 4 is 10.9 Å². The first-order valence-electron chi connectivity index (χ1n) is 12.1. The summed E-state index contributed by atoms with van der Waals surface area (Å²) in [6.07, 6.45) is -2.00.